The summed E-state index contributed by atoms with van der Waals surface area (Å²) in [5.41, 5.74) is 2.98. The highest BCUT2D eigenvalue weighted by atomic mass is 16.4. The fourth-order valence-corrected chi connectivity index (χ4v) is 1.66. The number of hydrogen-bond donors (Lipinski definition) is 2. The Labute approximate surface area is 100 Å². The zero-order chi connectivity index (χ0) is 12.3. The van der Waals surface area contributed by atoms with Crippen LogP contribution in [-0.4, -0.2) is 10.1 Å². The van der Waals surface area contributed by atoms with Gasteiger partial charge in [0, 0.05) is 5.69 Å². The van der Waals surface area contributed by atoms with Crippen molar-refractivity contribution in [1.82, 2.24) is 4.98 Å². The zero-order valence-electron chi connectivity index (χ0n) is 10.0. The molecule has 2 aromatic rings. The molecule has 0 aliphatic carbocycles. The third-order valence-corrected chi connectivity index (χ3v) is 2.55. The molecule has 0 bridgehead atoms. The van der Waals surface area contributed by atoms with Gasteiger partial charge >= 0.3 is 0 Å². The van der Waals surface area contributed by atoms with Gasteiger partial charge in [-0.15, -0.1) is 0 Å². The van der Waals surface area contributed by atoms with E-state index in [9.17, 15) is 0 Å². The SMILES string of the molecule is Cc1ccc(NCc2ccc(CO)o2)c(C)n1. The van der Waals surface area contributed by atoms with E-state index >= 15 is 0 Å². The minimum atomic E-state index is -0.0644. The molecule has 4 heteroatoms. The molecule has 2 rings (SSSR count). The number of aromatic nitrogens is 1. The maximum Gasteiger partial charge on any atom is 0.129 e. The van der Waals surface area contributed by atoms with Crippen LogP contribution in [0.3, 0.4) is 0 Å². The number of nitrogens with one attached hydrogen (secondary N) is 1. The van der Waals surface area contributed by atoms with Crippen molar-refractivity contribution in [1.29, 1.82) is 0 Å². The Morgan fingerprint density at radius 2 is 1.94 bits per heavy atom. The van der Waals surface area contributed by atoms with E-state index in [1.807, 2.05) is 32.0 Å². The van der Waals surface area contributed by atoms with E-state index in [2.05, 4.69) is 10.3 Å². The lowest BCUT2D eigenvalue weighted by Crippen LogP contribution is -2.01. The number of anilines is 1. The number of rotatable bonds is 4. The highest BCUT2D eigenvalue weighted by Crippen LogP contribution is 2.15. The molecule has 0 saturated heterocycles. The summed E-state index contributed by atoms with van der Waals surface area (Å²) in [5, 5.41) is 12.1. The molecule has 2 heterocycles. The summed E-state index contributed by atoms with van der Waals surface area (Å²) in [6.07, 6.45) is 0. The van der Waals surface area contributed by atoms with Crippen molar-refractivity contribution >= 4 is 5.69 Å². The summed E-state index contributed by atoms with van der Waals surface area (Å²) in [4.78, 5) is 4.37. The van der Waals surface area contributed by atoms with E-state index in [0.29, 0.717) is 12.3 Å². The van der Waals surface area contributed by atoms with Crippen LogP contribution in [0.25, 0.3) is 0 Å². The molecule has 0 radical (unpaired) electrons. The number of nitrogens with zero attached hydrogens (tertiary/aromatic N) is 1. The summed E-state index contributed by atoms with van der Waals surface area (Å²) < 4.78 is 5.39. The Morgan fingerprint density at radius 1 is 1.18 bits per heavy atom. The first-order valence-electron chi connectivity index (χ1n) is 5.55. The Hall–Kier alpha value is -1.81. The largest absolute Gasteiger partial charge is 0.462 e. The zero-order valence-corrected chi connectivity index (χ0v) is 10.0. The van der Waals surface area contributed by atoms with Crippen molar-refractivity contribution in [3.8, 4) is 0 Å². The quantitative estimate of drug-likeness (QED) is 0.849. The highest BCUT2D eigenvalue weighted by Gasteiger charge is 2.03. The molecule has 4 nitrogen and oxygen atoms in total. The second-order valence-electron chi connectivity index (χ2n) is 3.97. The third-order valence-electron chi connectivity index (χ3n) is 2.55. The average molecular weight is 232 g/mol. The fourth-order valence-electron chi connectivity index (χ4n) is 1.66. The lowest BCUT2D eigenvalue weighted by molar-refractivity contribution is 0.244. The van der Waals surface area contributed by atoms with Crippen molar-refractivity contribution in [2.75, 3.05) is 5.32 Å². The molecule has 0 amide bonds. The Balaban J connectivity index is 2.02. The Bertz CT molecular complexity index is 506. The summed E-state index contributed by atoms with van der Waals surface area (Å²) in [7, 11) is 0. The van der Waals surface area contributed by atoms with Gasteiger partial charge in [-0.1, -0.05) is 0 Å². The summed E-state index contributed by atoms with van der Waals surface area (Å²) in [5.74, 6) is 1.38. The van der Waals surface area contributed by atoms with Crippen LogP contribution < -0.4 is 5.32 Å². The normalized spacial score (nSPS) is 10.5. The fraction of sp³-hybridized carbons (Fsp3) is 0.308. The van der Waals surface area contributed by atoms with Gasteiger partial charge in [-0.05, 0) is 38.1 Å². The topological polar surface area (TPSA) is 58.3 Å². The molecule has 0 fully saturated rings. The van der Waals surface area contributed by atoms with Crippen LogP contribution in [0.15, 0.2) is 28.7 Å². The van der Waals surface area contributed by atoms with Gasteiger partial charge in [0.05, 0.1) is 17.9 Å². The van der Waals surface area contributed by atoms with E-state index in [-0.39, 0.29) is 6.61 Å². The Morgan fingerprint density at radius 3 is 2.59 bits per heavy atom. The maximum atomic E-state index is 8.89. The van der Waals surface area contributed by atoms with E-state index in [0.717, 1.165) is 22.8 Å². The van der Waals surface area contributed by atoms with E-state index in [1.54, 1.807) is 6.07 Å². The number of hydrogen-bond acceptors (Lipinski definition) is 4. The van der Waals surface area contributed by atoms with Gasteiger partial charge < -0.3 is 14.8 Å². The molecule has 0 spiro atoms. The highest BCUT2D eigenvalue weighted by molar-refractivity contribution is 5.47. The van der Waals surface area contributed by atoms with E-state index < -0.39 is 0 Å². The number of aliphatic hydroxyl groups is 1. The molecule has 0 saturated carbocycles. The minimum absolute atomic E-state index is 0.0644. The molecular formula is C13H16N2O2. The van der Waals surface area contributed by atoms with Gasteiger partial charge in [0.1, 0.15) is 18.1 Å². The lowest BCUT2D eigenvalue weighted by Gasteiger charge is -2.07. The molecule has 0 aliphatic rings. The van der Waals surface area contributed by atoms with Crippen LogP contribution in [-0.2, 0) is 13.2 Å². The second kappa shape index (κ2) is 5.01. The monoisotopic (exact) mass is 232 g/mol. The van der Waals surface area contributed by atoms with Gasteiger partial charge in [0.15, 0.2) is 0 Å². The Kier molecular flexibility index (Phi) is 3.44. The smallest absolute Gasteiger partial charge is 0.129 e. The molecule has 0 unspecified atom stereocenters. The van der Waals surface area contributed by atoms with Crippen molar-refractivity contribution in [3.63, 3.8) is 0 Å². The van der Waals surface area contributed by atoms with Crippen LogP contribution in [0, 0.1) is 13.8 Å². The molecule has 0 aliphatic heterocycles. The summed E-state index contributed by atoms with van der Waals surface area (Å²) in [6.45, 7) is 4.46. The predicted octanol–water partition coefficient (Wildman–Crippen LogP) is 2.40. The number of aliphatic hydroxyl groups excluding tert-OH is 1. The summed E-state index contributed by atoms with van der Waals surface area (Å²) in [6, 6.07) is 7.61. The molecule has 2 N–H and O–H groups in total. The van der Waals surface area contributed by atoms with Gasteiger partial charge in [0.2, 0.25) is 0 Å². The standard InChI is InChI=1S/C13H16N2O2/c1-9-3-6-13(10(2)15-9)14-7-11-4-5-12(8-16)17-11/h3-6,14,16H,7-8H2,1-2H3. The molecule has 90 valence electrons. The minimum Gasteiger partial charge on any atom is -0.462 e. The van der Waals surface area contributed by atoms with Crippen molar-refractivity contribution in [3.05, 3.63) is 47.2 Å². The van der Waals surface area contributed by atoms with Gasteiger partial charge in [-0.3, -0.25) is 4.98 Å². The number of aryl methyl sites for hydroxylation is 2. The maximum absolute atomic E-state index is 8.89. The van der Waals surface area contributed by atoms with Crippen LogP contribution in [0.2, 0.25) is 0 Å². The third kappa shape index (κ3) is 2.85. The van der Waals surface area contributed by atoms with Gasteiger partial charge in [0.25, 0.3) is 0 Å². The number of pyridine rings is 1. The van der Waals surface area contributed by atoms with Crippen LogP contribution in [0.5, 0.6) is 0 Å². The lowest BCUT2D eigenvalue weighted by atomic mass is 10.2. The van der Waals surface area contributed by atoms with Crippen molar-refractivity contribution < 1.29 is 9.52 Å². The van der Waals surface area contributed by atoms with E-state index in [4.69, 9.17) is 9.52 Å². The molecule has 17 heavy (non-hydrogen) atoms. The molecule has 0 atom stereocenters. The van der Waals surface area contributed by atoms with Gasteiger partial charge in [-0.2, -0.15) is 0 Å². The molecular weight excluding hydrogens is 216 g/mol. The first kappa shape index (κ1) is 11.7. The first-order chi connectivity index (χ1) is 8.19. The first-order valence-corrected chi connectivity index (χ1v) is 5.55. The van der Waals surface area contributed by atoms with Crippen LogP contribution >= 0.6 is 0 Å². The molecule has 0 aromatic carbocycles. The average Bonchev–Trinajstić information content (AvgIpc) is 2.76. The van der Waals surface area contributed by atoms with Crippen molar-refractivity contribution in [2.45, 2.75) is 27.0 Å². The predicted molar refractivity (Wildman–Crippen MR) is 65.7 cm³/mol. The van der Waals surface area contributed by atoms with Gasteiger partial charge in [-0.25, -0.2) is 0 Å². The van der Waals surface area contributed by atoms with Crippen LogP contribution in [0.4, 0.5) is 5.69 Å². The number of furan rings is 1. The second-order valence-corrected chi connectivity index (χ2v) is 3.97. The summed E-state index contributed by atoms with van der Waals surface area (Å²) >= 11 is 0. The van der Waals surface area contributed by atoms with Crippen molar-refractivity contribution in [2.24, 2.45) is 0 Å². The van der Waals surface area contributed by atoms with E-state index in [1.165, 1.54) is 0 Å². The van der Waals surface area contributed by atoms with Crippen LogP contribution in [0.1, 0.15) is 22.9 Å². The molecule has 2 aromatic heterocycles.